The summed E-state index contributed by atoms with van der Waals surface area (Å²) in [6.07, 6.45) is 4.88. The number of benzene rings is 10. The normalized spacial score (nSPS) is 13.3. The highest BCUT2D eigenvalue weighted by atomic mass is 15.1. The molecule has 1 nitrogen and oxygen atoms in total. The summed E-state index contributed by atoms with van der Waals surface area (Å²) in [5.74, 6) is 0. The van der Waals surface area contributed by atoms with Crippen LogP contribution in [0.5, 0.6) is 0 Å². The SMILES string of the molecule is c1ccc(-c2cc(-c3ccccc3)cc(-c3ccc(N(c4ccc5c(c4)C4(CCCC4)c4ccccc4-5)c4ccccc4-c4ccccc4-c4ccccc4-c4ccccc4)cc3)c2)cc1. The van der Waals surface area contributed by atoms with Gasteiger partial charge in [0.2, 0.25) is 0 Å². The fourth-order valence-electron chi connectivity index (χ4n) is 11.2. The summed E-state index contributed by atoms with van der Waals surface area (Å²) in [4.78, 5) is 2.51. The first-order valence-electron chi connectivity index (χ1n) is 23.5. The number of hydrogen-bond acceptors (Lipinski definition) is 1. The minimum atomic E-state index is 0.0466. The zero-order valence-corrected chi connectivity index (χ0v) is 36.9. The monoisotopic (exact) mass is 843 g/mol. The Morgan fingerprint density at radius 1 is 0.258 bits per heavy atom. The molecule has 0 saturated heterocycles. The van der Waals surface area contributed by atoms with Crippen LogP contribution in [-0.4, -0.2) is 0 Å². The molecular weight excluding hydrogens is 795 g/mol. The van der Waals surface area contributed by atoms with Crippen molar-refractivity contribution in [1.29, 1.82) is 0 Å². The number of nitrogens with zero attached hydrogens (tertiary/aromatic N) is 1. The molecule has 1 heteroatoms. The van der Waals surface area contributed by atoms with Crippen LogP contribution in [0.25, 0.3) is 77.9 Å². The van der Waals surface area contributed by atoms with E-state index in [1.807, 2.05) is 0 Å². The summed E-state index contributed by atoms with van der Waals surface area (Å²) in [6, 6.07) is 91.8. The maximum absolute atomic E-state index is 2.54. The van der Waals surface area contributed by atoms with Gasteiger partial charge in [-0.05, 0) is 145 Å². The second kappa shape index (κ2) is 16.8. The molecule has 2 aliphatic rings. The van der Waals surface area contributed by atoms with Gasteiger partial charge in [0.1, 0.15) is 0 Å². The standard InChI is InChI=1S/C65H49N/c1-4-20-46(21-5-1)50-42-51(47-22-6-2-7-23-47)44-52(43-50)48-34-36-53(37-35-48)66(54-38-39-60-59-30-14-16-32-62(59)65(63(60)45-54)40-18-19-41-65)64-33-17-15-31-61(64)58-29-13-12-28-57(58)56-27-11-10-26-55(56)49-24-8-3-9-25-49/h1-17,20-39,42-45H,18-19,40-41H2. The van der Waals surface area contributed by atoms with Gasteiger partial charge in [-0.25, -0.2) is 0 Å². The van der Waals surface area contributed by atoms with E-state index in [4.69, 9.17) is 0 Å². The molecule has 10 aromatic carbocycles. The predicted octanol–water partition coefficient (Wildman–Crippen LogP) is 18.0. The highest BCUT2D eigenvalue weighted by Crippen LogP contribution is 2.58. The molecular formula is C65H49N. The number of anilines is 3. The first-order chi connectivity index (χ1) is 32.7. The van der Waals surface area contributed by atoms with E-state index in [1.165, 1.54) is 120 Å². The Morgan fingerprint density at radius 2 is 0.667 bits per heavy atom. The second-order valence-corrected chi connectivity index (χ2v) is 18.0. The molecule has 0 unspecified atom stereocenters. The van der Waals surface area contributed by atoms with Crippen molar-refractivity contribution >= 4 is 17.1 Å². The molecule has 0 amide bonds. The van der Waals surface area contributed by atoms with Crippen molar-refractivity contribution in [2.45, 2.75) is 31.1 Å². The predicted molar refractivity (Wildman–Crippen MR) is 278 cm³/mol. The zero-order chi connectivity index (χ0) is 43.9. The molecule has 0 heterocycles. The molecule has 0 aromatic heterocycles. The van der Waals surface area contributed by atoms with Crippen LogP contribution in [0, 0.1) is 0 Å². The molecule has 2 aliphatic carbocycles. The largest absolute Gasteiger partial charge is 0.310 e. The van der Waals surface area contributed by atoms with Crippen molar-refractivity contribution in [2.75, 3.05) is 4.90 Å². The summed E-state index contributed by atoms with van der Waals surface area (Å²) in [7, 11) is 0. The smallest absolute Gasteiger partial charge is 0.0540 e. The number of para-hydroxylation sites is 1. The Balaban J connectivity index is 1.03. The molecule has 1 spiro atoms. The van der Waals surface area contributed by atoms with Crippen molar-refractivity contribution in [3.05, 3.63) is 260 Å². The van der Waals surface area contributed by atoms with Crippen molar-refractivity contribution in [1.82, 2.24) is 0 Å². The van der Waals surface area contributed by atoms with E-state index < -0.39 is 0 Å². The summed E-state index contributed by atoms with van der Waals surface area (Å²) >= 11 is 0. The summed E-state index contributed by atoms with van der Waals surface area (Å²) in [6.45, 7) is 0. The van der Waals surface area contributed by atoms with Crippen LogP contribution in [0.1, 0.15) is 36.8 Å². The van der Waals surface area contributed by atoms with Crippen LogP contribution < -0.4 is 4.90 Å². The minimum absolute atomic E-state index is 0.0466. The number of rotatable bonds is 9. The third-order valence-electron chi connectivity index (χ3n) is 14.2. The number of hydrogen-bond donors (Lipinski definition) is 0. The maximum Gasteiger partial charge on any atom is 0.0540 e. The van der Waals surface area contributed by atoms with Gasteiger partial charge in [-0.1, -0.05) is 213 Å². The van der Waals surface area contributed by atoms with Crippen LogP contribution in [-0.2, 0) is 5.41 Å². The van der Waals surface area contributed by atoms with Gasteiger partial charge >= 0.3 is 0 Å². The van der Waals surface area contributed by atoms with Gasteiger partial charge in [0, 0.05) is 22.4 Å². The lowest BCUT2D eigenvalue weighted by molar-refractivity contribution is 0.550. The third kappa shape index (κ3) is 6.96. The van der Waals surface area contributed by atoms with E-state index in [9.17, 15) is 0 Å². The molecule has 12 rings (SSSR count). The highest BCUT2D eigenvalue weighted by Gasteiger charge is 2.45. The first kappa shape index (κ1) is 39.6. The fourth-order valence-corrected chi connectivity index (χ4v) is 11.2. The van der Waals surface area contributed by atoms with Gasteiger partial charge in [0.15, 0.2) is 0 Å². The summed E-state index contributed by atoms with van der Waals surface area (Å²) in [5.41, 5.74) is 23.7. The zero-order valence-electron chi connectivity index (χ0n) is 36.9. The Bertz CT molecular complexity index is 3280. The van der Waals surface area contributed by atoms with E-state index in [0.717, 1.165) is 11.4 Å². The van der Waals surface area contributed by atoms with Crippen LogP contribution in [0.2, 0.25) is 0 Å². The molecule has 1 saturated carbocycles. The topological polar surface area (TPSA) is 3.24 Å². The third-order valence-corrected chi connectivity index (χ3v) is 14.2. The van der Waals surface area contributed by atoms with Crippen LogP contribution in [0.15, 0.2) is 249 Å². The van der Waals surface area contributed by atoms with Crippen LogP contribution in [0.4, 0.5) is 17.1 Å². The minimum Gasteiger partial charge on any atom is -0.310 e. The van der Waals surface area contributed by atoms with Crippen molar-refractivity contribution < 1.29 is 0 Å². The van der Waals surface area contributed by atoms with Gasteiger partial charge in [-0.3, -0.25) is 0 Å². The molecule has 0 atom stereocenters. The van der Waals surface area contributed by atoms with Crippen molar-refractivity contribution in [2.24, 2.45) is 0 Å². The molecule has 0 radical (unpaired) electrons. The van der Waals surface area contributed by atoms with Crippen LogP contribution in [0.3, 0.4) is 0 Å². The first-order valence-corrected chi connectivity index (χ1v) is 23.5. The summed E-state index contributed by atoms with van der Waals surface area (Å²) < 4.78 is 0. The van der Waals surface area contributed by atoms with Gasteiger partial charge < -0.3 is 4.90 Å². The maximum atomic E-state index is 2.54. The van der Waals surface area contributed by atoms with Gasteiger partial charge in [0.05, 0.1) is 5.69 Å². The lowest BCUT2D eigenvalue weighted by Gasteiger charge is -2.31. The molecule has 10 aromatic rings. The van der Waals surface area contributed by atoms with E-state index in [1.54, 1.807) is 0 Å². The van der Waals surface area contributed by atoms with Crippen molar-refractivity contribution in [3.8, 4) is 77.9 Å². The molecule has 0 bridgehead atoms. The van der Waals surface area contributed by atoms with E-state index in [2.05, 4.69) is 254 Å². The lowest BCUT2D eigenvalue weighted by Crippen LogP contribution is -2.21. The highest BCUT2D eigenvalue weighted by molar-refractivity contribution is 5.98. The van der Waals surface area contributed by atoms with E-state index in [-0.39, 0.29) is 5.41 Å². The Kier molecular flexibility index (Phi) is 10.1. The van der Waals surface area contributed by atoms with Gasteiger partial charge in [-0.2, -0.15) is 0 Å². The lowest BCUT2D eigenvalue weighted by atomic mass is 9.76. The van der Waals surface area contributed by atoms with Crippen LogP contribution >= 0.6 is 0 Å². The molecule has 0 N–H and O–H groups in total. The van der Waals surface area contributed by atoms with E-state index >= 15 is 0 Å². The van der Waals surface area contributed by atoms with Gasteiger partial charge in [-0.15, -0.1) is 0 Å². The number of fused-ring (bicyclic) bond motifs is 5. The molecule has 314 valence electrons. The Labute approximate surface area is 389 Å². The Morgan fingerprint density at radius 3 is 1.26 bits per heavy atom. The molecule has 1 fully saturated rings. The molecule has 0 aliphatic heterocycles. The second-order valence-electron chi connectivity index (χ2n) is 18.0. The molecule has 66 heavy (non-hydrogen) atoms. The fraction of sp³-hybridized carbons (Fsp3) is 0.0769. The quantitative estimate of drug-likeness (QED) is 0.140. The average Bonchev–Trinajstić information content (AvgIpc) is 4.01. The average molecular weight is 844 g/mol. The van der Waals surface area contributed by atoms with Crippen molar-refractivity contribution in [3.63, 3.8) is 0 Å². The van der Waals surface area contributed by atoms with Gasteiger partial charge in [0.25, 0.3) is 0 Å². The summed E-state index contributed by atoms with van der Waals surface area (Å²) in [5, 5.41) is 0. The van der Waals surface area contributed by atoms with E-state index in [0.29, 0.717) is 0 Å². The Hall–Kier alpha value is -8.00.